The predicted molar refractivity (Wildman–Crippen MR) is 86.3 cm³/mol. The summed E-state index contributed by atoms with van der Waals surface area (Å²) in [5.74, 6) is 0.568. The summed E-state index contributed by atoms with van der Waals surface area (Å²) >= 11 is 0. The van der Waals surface area contributed by atoms with Crippen LogP contribution in [0.2, 0.25) is 0 Å². The average Bonchev–Trinajstić information content (AvgIpc) is 2.95. The highest BCUT2D eigenvalue weighted by Crippen LogP contribution is 2.27. The summed E-state index contributed by atoms with van der Waals surface area (Å²) in [6, 6.07) is 10.0. The highest BCUT2D eigenvalue weighted by atomic mass is 16.5. The topological polar surface area (TPSA) is 55.6 Å². The fraction of sp³-hybridized carbons (Fsp3) is 0.444. The molecule has 1 aliphatic heterocycles. The van der Waals surface area contributed by atoms with E-state index in [-0.39, 0.29) is 18.1 Å². The highest BCUT2D eigenvalue weighted by molar-refractivity contribution is 5.96. The van der Waals surface area contributed by atoms with Crippen LogP contribution in [-0.4, -0.2) is 35.2 Å². The van der Waals surface area contributed by atoms with Crippen molar-refractivity contribution in [3.8, 4) is 0 Å². The van der Waals surface area contributed by atoms with Crippen LogP contribution in [0.1, 0.15) is 47.3 Å². The minimum Gasteiger partial charge on any atom is -0.367 e. The maximum atomic E-state index is 13.0. The van der Waals surface area contributed by atoms with Gasteiger partial charge in [0.2, 0.25) is 0 Å². The van der Waals surface area contributed by atoms with Crippen LogP contribution in [0, 0.1) is 6.92 Å². The third-order valence-corrected chi connectivity index (χ3v) is 4.20. The molecule has 5 nitrogen and oxygen atoms in total. The Morgan fingerprint density at radius 1 is 1.30 bits per heavy atom. The van der Waals surface area contributed by atoms with Crippen LogP contribution >= 0.6 is 0 Å². The van der Waals surface area contributed by atoms with Gasteiger partial charge in [-0.1, -0.05) is 42.4 Å². The van der Waals surface area contributed by atoms with Crippen LogP contribution in [0.25, 0.3) is 0 Å². The van der Waals surface area contributed by atoms with Crippen molar-refractivity contribution in [2.45, 2.75) is 39.4 Å². The minimum atomic E-state index is -0.103. The Balaban J connectivity index is 1.84. The summed E-state index contributed by atoms with van der Waals surface area (Å²) in [5.41, 5.74) is 2.42. The number of morpholine rings is 1. The van der Waals surface area contributed by atoms with Crippen molar-refractivity contribution in [3.05, 3.63) is 52.9 Å². The van der Waals surface area contributed by atoms with Gasteiger partial charge in [-0.2, -0.15) is 0 Å². The molecule has 2 heterocycles. The van der Waals surface area contributed by atoms with Gasteiger partial charge >= 0.3 is 0 Å². The number of carbonyl (C=O) groups is 1. The summed E-state index contributed by atoms with van der Waals surface area (Å²) in [6.07, 6.45) is 0.567. The van der Waals surface area contributed by atoms with E-state index in [9.17, 15) is 4.79 Å². The van der Waals surface area contributed by atoms with Crippen LogP contribution in [0.4, 0.5) is 0 Å². The number of hydrogen-bond donors (Lipinski definition) is 0. The Morgan fingerprint density at radius 2 is 2.04 bits per heavy atom. The van der Waals surface area contributed by atoms with Gasteiger partial charge in [0.1, 0.15) is 17.4 Å². The number of amides is 1. The molecular formula is C18H22N2O3. The molecule has 1 aromatic carbocycles. The molecule has 1 saturated heterocycles. The van der Waals surface area contributed by atoms with E-state index < -0.39 is 0 Å². The first kappa shape index (κ1) is 15.7. The Labute approximate surface area is 136 Å². The van der Waals surface area contributed by atoms with Crippen molar-refractivity contribution >= 4 is 5.91 Å². The highest BCUT2D eigenvalue weighted by Gasteiger charge is 2.32. The van der Waals surface area contributed by atoms with Gasteiger partial charge in [-0.05, 0) is 25.8 Å². The largest absolute Gasteiger partial charge is 0.367 e. The molecule has 122 valence electrons. The lowest BCUT2D eigenvalue weighted by Gasteiger charge is -2.37. The molecule has 1 fully saturated rings. The predicted octanol–water partition coefficient (Wildman–Crippen LogP) is 3.15. The SMILES string of the molecule is CCc1noc(C)c1C(=O)N1C[C@@H](C)O[C@@H](c2ccccc2)C1. The second-order valence-corrected chi connectivity index (χ2v) is 5.97. The van der Waals surface area contributed by atoms with Crippen molar-refractivity contribution in [2.24, 2.45) is 0 Å². The molecule has 2 atom stereocenters. The fourth-order valence-corrected chi connectivity index (χ4v) is 3.06. The second-order valence-electron chi connectivity index (χ2n) is 5.97. The summed E-state index contributed by atoms with van der Waals surface area (Å²) in [7, 11) is 0. The van der Waals surface area contributed by atoms with E-state index in [1.165, 1.54) is 0 Å². The smallest absolute Gasteiger partial charge is 0.259 e. The van der Waals surface area contributed by atoms with E-state index in [0.29, 0.717) is 30.8 Å². The molecule has 1 aromatic heterocycles. The zero-order chi connectivity index (χ0) is 16.4. The Kier molecular flexibility index (Phi) is 4.48. The van der Waals surface area contributed by atoms with Gasteiger partial charge in [-0.25, -0.2) is 0 Å². The number of ether oxygens (including phenoxy) is 1. The Bertz CT molecular complexity index is 681. The summed E-state index contributed by atoms with van der Waals surface area (Å²) in [5, 5.41) is 3.99. The van der Waals surface area contributed by atoms with E-state index in [4.69, 9.17) is 9.26 Å². The van der Waals surface area contributed by atoms with Crippen LogP contribution in [0.5, 0.6) is 0 Å². The third-order valence-electron chi connectivity index (χ3n) is 4.20. The number of benzene rings is 1. The van der Waals surface area contributed by atoms with E-state index in [1.807, 2.05) is 49.1 Å². The number of carbonyl (C=O) groups excluding carboxylic acids is 1. The number of hydrogen-bond acceptors (Lipinski definition) is 4. The lowest BCUT2D eigenvalue weighted by molar-refractivity contribution is -0.0692. The van der Waals surface area contributed by atoms with Crippen molar-refractivity contribution < 1.29 is 14.1 Å². The standard InChI is InChI=1S/C18H22N2O3/c1-4-15-17(13(3)23-19-15)18(21)20-10-12(2)22-16(11-20)14-8-6-5-7-9-14/h5-9,12,16H,4,10-11H2,1-3H3/t12-,16-/m1/s1. The number of rotatable bonds is 3. The minimum absolute atomic E-state index is 0.0110. The first-order valence-electron chi connectivity index (χ1n) is 8.05. The normalized spacial score (nSPS) is 21.4. The first-order valence-corrected chi connectivity index (χ1v) is 8.05. The molecule has 0 bridgehead atoms. The summed E-state index contributed by atoms with van der Waals surface area (Å²) < 4.78 is 11.2. The van der Waals surface area contributed by atoms with Crippen molar-refractivity contribution in [3.63, 3.8) is 0 Å². The van der Waals surface area contributed by atoms with Crippen LogP contribution in [0.15, 0.2) is 34.9 Å². The monoisotopic (exact) mass is 314 g/mol. The molecule has 1 amide bonds. The van der Waals surface area contributed by atoms with Crippen LogP contribution < -0.4 is 0 Å². The number of aryl methyl sites for hydroxylation is 2. The van der Waals surface area contributed by atoms with Gasteiger partial charge in [-0.3, -0.25) is 4.79 Å². The quantitative estimate of drug-likeness (QED) is 0.873. The third kappa shape index (κ3) is 3.15. The van der Waals surface area contributed by atoms with E-state index in [0.717, 1.165) is 11.3 Å². The van der Waals surface area contributed by atoms with Gasteiger partial charge in [0.05, 0.1) is 18.3 Å². The lowest BCUT2D eigenvalue weighted by atomic mass is 10.0. The molecule has 5 heteroatoms. The van der Waals surface area contributed by atoms with Crippen LogP contribution in [0.3, 0.4) is 0 Å². The fourth-order valence-electron chi connectivity index (χ4n) is 3.06. The Morgan fingerprint density at radius 3 is 2.74 bits per heavy atom. The number of aromatic nitrogens is 1. The Hall–Kier alpha value is -2.14. The van der Waals surface area contributed by atoms with Crippen LogP contribution in [-0.2, 0) is 11.2 Å². The van der Waals surface area contributed by atoms with Gasteiger partial charge in [0.15, 0.2) is 0 Å². The molecule has 0 spiro atoms. The molecule has 0 radical (unpaired) electrons. The molecule has 23 heavy (non-hydrogen) atoms. The zero-order valence-corrected chi connectivity index (χ0v) is 13.8. The van der Waals surface area contributed by atoms with Gasteiger partial charge in [-0.15, -0.1) is 0 Å². The lowest BCUT2D eigenvalue weighted by Crippen LogP contribution is -2.46. The molecule has 0 aliphatic carbocycles. The van der Waals surface area contributed by atoms with E-state index in [2.05, 4.69) is 5.16 Å². The van der Waals surface area contributed by atoms with Crippen molar-refractivity contribution in [1.29, 1.82) is 0 Å². The van der Waals surface area contributed by atoms with E-state index in [1.54, 1.807) is 6.92 Å². The van der Waals surface area contributed by atoms with Gasteiger partial charge in [0, 0.05) is 6.54 Å². The molecule has 0 saturated carbocycles. The van der Waals surface area contributed by atoms with Gasteiger partial charge < -0.3 is 14.2 Å². The number of nitrogens with zero attached hydrogens (tertiary/aromatic N) is 2. The van der Waals surface area contributed by atoms with E-state index >= 15 is 0 Å². The van der Waals surface area contributed by atoms with Gasteiger partial charge in [0.25, 0.3) is 5.91 Å². The van der Waals surface area contributed by atoms with Crippen molar-refractivity contribution in [2.75, 3.05) is 13.1 Å². The maximum absolute atomic E-state index is 13.0. The second kappa shape index (κ2) is 6.54. The average molecular weight is 314 g/mol. The molecule has 0 N–H and O–H groups in total. The maximum Gasteiger partial charge on any atom is 0.259 e. The zero-order valence-electron chi connectivity index (χ0n) is 13.8. The summed E-state index contributed by atoms with van der Waals surface area (Å²) in [6.45, 7) is 6.88. The molecule has 3 rings (SSSR count). The molecule has 2 aromatic rings. The first-order chi connectivity index (χ1) is 11.1. The molecule has 0 unspecified atom stereocenters. The van der Waals surface area contributed by atoms with Crippen molar-refractivity contribution in [1.82, 2.24) is 10.1 Å². The summed E-state index contributed by atoms with van der Waals surface area (Å²) in [4.78, 5) is 14.8. The molecule has 1 aliphatic rings. The molecular weight excluding hydrogens is 292 g/mol.